The Morgan fingerprint density at radius 2 is 1.77 bits per heavy atom. The number of sulfonamides is 1. The highest BCUT2D eigenvalue weighted by molar-refractivity contribution is 7.89. The third-order valence-electron chi connectivity index (χ3n) is 5.23. The summed E-state index contributed by atoms with van der Waals surface area (Å²) >= 11 is 0. The first-order valence-corrected chi connectivity index (χ1v) is 12.1. The summed E-state index contributed by atoms with van der Waals surface area (Å²) in [7, 11) is 0.118. The zero-order chi connectivity index (χ0) is 24.9. The Hall–Kier alpha value is -2.99. The number of aromatic hydroxyl groups is 1. The van der Waals surface area contributed by atoms with Crippen molar-refractivity contribution >= 4 is 33.4 Å². The summed E-state index contributed by atoms with van der Waals surface area (Å²) < 4.78 is 50.1. The van der Waals surface area contributed by atoms with Crippen LogP contribution in [0.1, 0.15) is 19.3 Å². The number of phenolic OH excluding ortho intramolecular Hbond substituents is 1. The number of hydrogen-bond donors (Lipinski definition) is 3. The molecule has 1 aromatic heterocycles. The second-order valence-electron chi connectivity index (χ2n) is 7.43. The van der Waals surface area contributed by atoms with Crippen LogP contribution in [0.5, 0.6) is 23.0 Å². The fourth-order valence-electron chi connectivity index (χ4n) is 3.51. The maximum absolute atomic E-state index is 13.1. The fraction of sp³-hybridized carbons (Fsp3) is 0.348. The van der Waals surface area contributed by atoms with Crippen molar-refractivity contribution in [3.05, 3.63) is 40.6 Å². The number of phenols is 1. The molecule has 0 aliphatic carbocycles. The third-order valence-corrected chi connectivity index (χ3v) is 6.72. The van der Waals surface area contributed by atoms with Gasteiger partial charge in [0.15, 0.2) is 5.76 Å². The van der Waals surface area contributed by atoms with Crippen LogP contribution < -0.4 is 30.1 Å². The van der Waals surface area contributed by atoms with Gasteiger partial charge in [-0.25, -0.2) is 13.1 Å². The van der Waals surface area contributed by atoms with E-state index in [0.717, 1.165) is 12.8 Å². The molecule has 0 radical (unpaired) electrons. The van der Waals surface area contributed by atoms with E-state index in [1.807, 2.05) is 0 Å². The van der Waals surface area contributed by atoms with Crippen molar-refractivity contribution in [1.29, 1.82) is 0 Å². The molecule has 3 aromatic rings. The van der Waals surface area contributed by atoms with Gasteiger partial charge in [-0.3, -0.25) is 4.79 Å². The number of halogens is 1. The molecule has 0 bridgehead atoms. The molecule has 4 N–H and O–H groups in total. The van der Waals surface area contributed by atoms with Gasteiger partial charge in [0.25, 0.3) is 0 Å². The number of ether oxygens (including phenoxy) is 3. The van der Waals surface area contributed by atoms with E-state index < -0.39 is 15.5 Å². The predicted octanol–water partition coefficient (Wildman–Crippen LogP) is 3.02. The molecule has 10 nitrogen and oxygen atoms in total. The molecule has 0 saturated heterocycles. The minimum Gasteiger partial charge on any atom is -0.507 e. The molecule has 2 aromatic carbocycles. The van der Waals surface area contributed by atoms with Gasteiger partial charge >= 0.3 is 0 Å². The highest BCUT2D eigenvalue weighted by atomic mass is 35.5. The Bertz CT molecular complexity index is 1340. The zero-order valence-corrected chi connectivity index (χ0v) is 21.3. The number of hydrogen-bond acceptors (Lipinski definition) is 9. The third kappa shape index (κ3) is 5.99. The van der Waals surface area contributed by atoms with E-state index in [1.165, 1.54) is 45.6 Å². The summed E-state index contributed by atoms with van der Waals surface area (Å²) in [6.07, 6.45) is 2.24. The molecule has 0 unspecified atom stereocenters. The summed E-state index contributed by atoms with van der Waals surface area (Å²) in [6, 6.07) is 7.09. The SMILES string of the molecule is COc1cc(O)c2c(=O)c(OC)c(-c3ccc(OC)c(S(=O)(=O)NCCCCCN)c3)oc2c1.Cl. The van der Waals surface area contributed by atoms with Gasteiger partial charge in [0.1, 0.15) is 33.1 Å². The molecular formula is C23H29ClN2O8S. The average Bonchev–Trinajstić information content (AvgIpc) is 2.82. The molecule has 0 aliphatic rings. The lowest BCUT2D eigenvalue weighted by atomic mass is 10.1. The molecule has 12 heteroatoms. The summed E-state index contributed by atoms with van der Waals surface area (Å²) in [6.45, 7) is 0.786. The van der Waals surface area contributed by atoms with Gasteiger partial charge in [-0.1, -0.05) is 6.42 Å². The summed E-state index contributed by atoms with van der Waals surface area (Å²) in [5, 5.41) is 10.2. The molecule has 0 aliphatic heterocycles. The number of benzene rings is 2. The lowest BCUT2D eigenvalue weighted by Crippen LogP contribution is -2.25. The van der Waals surface area contributed by atoms with Crippen LogP contribution in [-0.4, -0.2) is 47.9 Å². The highest BCUT2D eigenvalue weighted by Gasteiger charge is 2.24. The first kappa shape index (κ1) is 28.2. The second-order valence-corrected chi connectivity index (χ2v) is 9.16. The highest BCUT2D eigenvalue weighted by Crippen LogP contribution is 2.37. The van der Waals surface area contributed by atoms with Crippen LogP contribution in [0, 0.1) is 0 Å². The Labute approximate surface area is 209 Å². The Morgan fingerprint density at radius 1 is 1.03 bits per heavy atom. The van der Waals surface area contributed by atoms with Gasteiger partial charge in [-0.05, 0) is 37.6 Å². The summed E-state index contributed by atoms with van der Waals surface area (Å²) in [5.74, 6) is -0.114. The van der Waals surface area contributed by atoms with Crippen molar-refractivity contribution in [3.63, 3.8) is 0 Å². The molecule has 3 rings (SSSR count). The van der Waals surface area contributed by atoms with Gasteiger partial charge < -0.3 is 29.5 Å². The molecule has 0 spiro atoms. The first-order chi connectivity index (χ1) is 16.3. The molecule has 0 atom stereocenters. The number of methoxy groups -OCH3 is 3. The van der Waals surface area contributed by atoms with Crippen LogP contribution >= 0.6 is 12.4 Å². The van der Waals surface area contributed by atoms with Gasteiger partial charge in [-0.15, -0.1) is 12.4 Å². The van der Waals surface area contributed by atoms with E-state index in [-0.39, 0.29) is 69.1 Å². The van der Waals surface area contributed by atoms with E-state index in [1.54, 1.807) is 6.07 Å². The first-order valence-electron chi connectivity index (χ1n) is 10.6. The van der Waals surface area contributed by atoms with E-state index in [4.69, 9.17) is 24.4 Å². The number of nitrogens with one attached hydrogen (secondary N) is 1. The molecule has 192 valence electrons. The number of rotatable bonds is 11. The molecule has 0 saturated carbocycles. The quantitative estimate of drug-likeness (QED) is 0.319. The lowest BCUT2D eigenvalue weighted by molar-refractivity contribution is 0.394. The van der Waals surface area contributed by atoms with E-state index in [9.17, 15) is 18.3 Å². The van der Waals surface area contributed by atoms with Crippen LogP contribution in [0.3, 0.4) is 0 Å². The average molecular weight is 529 g/mol. The monoisotopic (exact) mass is 528 g/mol. The summed E-state index contributed by atoms with van der Waals surface area (Å²) in [5.41, 5.74) is 5.18. The van der Waals surface area contributed by atoms with E-state index in [0.29, 0.717) is 13.0 Å². The Morgan fingerprint density at radius 3 is 2.40 bits per heavy atom. The molecular weight excluding hydrogens is 500 g/mol. The van der Waals surface area contributed by atoms with Gasteiger partial charge in [-0.2, -0.15) is 0 Å². The van der Waals surface area contributed by atoms with Gasteiger partial charge in [0.05, 0.1) is 21.3 Å². The zero-order valence-electron chi connectivity index (χ0n) is 19.6. The van der Waals surface area contributed by atoms with E-state index in [2.05, 4.69) is 4.72 Å². The largest absolute Gasteiger partial charge is 0.507 e. The maximum atomic E-state index is 13.1. The van der Waals surface area contributed by atoms with Crippen molar-refractivity contribution in [2.24, 2.45) is 5.73 Å². The van der Waals surface area contributed by atoms with Crippen LogP contribution in [-0.2, 0) is 10.0 Å². The number of fused-ring (bicyclic) bond motifs is 1. The molecule has 1 heterocycles. The van der Waals surface area contributed by atoms with Crippen LogP contribution in [0.25, 0.3) is 22.3 Å². The second kappa shape index (κ2) is 12.1. The van der Waals surface area contributed by atoms with Crippen LogP contribution in [0.2, 0.25) is 0 Å². The number of unbranched alkanes of at least 4 members (excludes halogenated alkanes) is 2. The van der Waals surface area contributed by atoms with Crippen LogP contribution in [0.4, 0.5) is 0 Å². The van der Waals surface area contributed by atoms with Gasteiger partial charge in [0.2, 0.25) is 21.2 Å². The molecule has 0 fully saturated rings. The van der Waals surface area contributed by atoms with Gasteiger partial charge in [0, 0.05) is 24.2 Å². The Balaban J connectivity index is 0.00000432. The maximum Gasteiger partial charge on any atom is 0.244 e. The lowest BCUT2D eigenvalue weighted by Gasteiger charge is -2.14. The molecule has 0 amide bonds. The smallest absolute Gasteiger partial charge is 0.244 e. The minimum absolute atomic E-state index is 0. The van der Waals surface area contributed by atoms with Crippen molar-refractivity contribution in [1.82, 2.24) is 4.72 Å². The van der Waals surface area contributed by atoms with Crippen molar-refractivity contribution in [2.75, 3.05) is 34.4 Å². The van der Waals surface area contributed by atoms with Crippen molar-refractivity contribution in [3.8, 4) is 34.3 Å². The topological polar surface area (TPSA) is 150 Å². The Kier molecular flexibility index (Phi) is 9.78. The van der Waals surface area contributed by atoms with Crippen molar-refractivity contribution < 1.29 is 32.2 Å². The molecule has 35 heavy (non-hydrogen) atoms. The van der Waals surface area contributed by atoms with E-state index >= 15 is 0 Å². The predicted molar refractivity (Wildman–Crippen MR) is 135 cm³/mol. The van der Waals surface area contributed by atoms with Crippen molar-refractivity contribution in [2.45, 2.75) is 24.2 Å². The standard InChI is InChI=1S/C23H28N2O8S.ClH/c1-30-15-12-16(26)20-18(13-15)33-22(23(32-3)21(20)27)14-7-8-17(31-2)19(11-14)34(28,29)25-10-6-4-5-9-24;/h7-8,11-13,25-26H,4-6,9-10,24H2,1-3H3;1H. The normalized spacial score (nSPS) is 11.2. The fourth-order valence-corrected chi connectivity index (χ4v) is 4.78. The summed E-state index contributed by atoms with van der Waals surface area (Å²) in [4.78, 5) is 12.9. The van der Waals surface area contributed by atoms with Crippen LogP contribution in [0.15, 0.2) is 44.4 Å². The minimum atomic E-state index is -3.94. The number of nitrogens with two attached hydrogens (primary N) is 1.